The van der Waals surface area contributed by atoms with Crippen LogP contribution in [0.4, 0.5) is 9.18 Å². The number of aliphatic hydroxyl groups excluding tert-OH is 1. The van der Waals surface area contributed by atoms with E-state index in [9.17, 15) is 14.3 Å². The van der Waals surface area contributed by atoms with E-state index in [-0.39, 0.29) is 11.6 Å². The minimum Gasteiger partial charge on any atom is -0.394 e. The summed E-state index contributed by atoms with van der Waals surface area (Å²) in [5.74, 6) is 0.0925. The number of carbonyl (C=O) groups excluding carboxylic acids is 1. The number of aliphatic hydroxyl groups is 1. The third-order valence-electron chi connectivity index (χ3n) is 2.81. The molecule has 1 aromatic heterocycles. The van der Waals surface area contributed by atoms with Gasteiger partial charge in [-0.05, 0) is 17.7 Å². The Hall–Kier alpha value is -2.19. The van der Waals surface area contributed by atoms with Crippen molar-refractivity contribution in [2.45, 2.75) is 19.5 Å². The van der Waals surface area contributed by atoms with Gasteiger partial charge in [0.05, 0.1) is 24.2 Å². The molecule has 3 N–H and O–H groups in total. The van der Waals surface area contributed by atoms with Crippen LogP contribution in [-0.4, -0.2) is 27.9 Å². The van der Waals surface area contributed by atoms with Crippen molar-refractivity contribution in [2.75, 3.05) is 6.61 Å². The van der Waals surface area contributed by atoms with Crippen LogP contribution in [0.25, 0.3) is 0 Å². The first kappa shape index (κ1) is 16.2. The molecule has 118 valence electrons. The number of carbonyl (C=O) groups is 1. The highest BCUT2D eigenvalue weighted by Crippen LogP contribution is 2.20. The molecule has 2 rings (SSSR count). The predicted octanol–water partition coefficient (Wildman–Crippen LogP) is 1.70. The molecule has 22 heavy (non-hydrogen) atoms. The fourth-order valence-electron chi connectivity index (χ4n) is 1.75. The Morgan fingerprint density at radius 3 is 2.91 bits per heavy atom. The van der Waals surface area contributed by atoms with E-state index in [1.807, 2.05) is 0 Å². The SMILES string of the molecule is Cc1nc(CNC(=O)NC(CO)c2ccc(Cl)c(F)c2)no1. The molecule has 1 heterocycles. The van der Waals surface area contributed by atoms with E-state index in [2.05, 4.69) is 20.8 Å². The van der Waals surface area contributed by atoms with Gasteiger partial charge in [-0.1, -0.05) is 22.8 Å². The number of amides is 2. The van der Waals surface area contributed by atoms with Crippen LogP contribution >= 0.6 is 11.6 Å². The molecule has 9 heteroatoms. The summed E-state index contributed by atoms with van der Waals surface area (Å²) < 4.78 is 18.2. The maximum atomic E-state index is 13.4. The molecule has 0 saturated carbocycles. The van der Waals surface area contributed by atoms with Crippen LogP contribution in [0.2, 0.25) is 5.02 Å². The second-order valence-electron chi connectivity index (χ2n) is 4.47. The molecule has 2 aromatic rings. The molecular weight excluding hydrogens is 315 g/mol. The van der Waals surface area contributed by atoms with Gasteiger partial charge >= 0.3 is 6.03 Å². The Labute approximate surface area is 130 Å². The summed E-state index contributed by atoms with van der Waals surface area (Å²) >= 11 is 5.59. The van der Waals surface area contributed by atoms with Crippen molar-refractivity contribution in [3.8, 4) is 0 Å². The lowest BCUT2D eigenvalue weighted by Gasteiger charge is -2.17. The lowest BCUT2D eigenvalue weighted by molar-refractivity contribution is 0.216. The molecule has 1 aromatic carbocycles. The standard InChI is InChI=1S/C13H14ClFN4O3/c1-7-17-12(19-22-7)5-16-13(21)18-11(6-20)8-2-3-9(14)10(15)4-8/h2-4,11,20H,5-6H2,1H3,(H2,16,18,21). The number of hydrogen-bond acceptors (Lipinski definition) is 5. The van der Waals surface area contributed by atoms with Crippen LogP contribution in [-0.2, 0) is 6.54 Å². The maximum absolute atomic E-state index is 13.4. The van der Waals surface area contributed by atoms with E-state index < -0.39 is 24.5 Å². The van der Waals surface area contributed by atoms with Crippen LogP contribution in [0, 0.1) is 12.7 Å². The molecule has 0 saturated heterocycles. The van der Waals surface area contributed by atoms with E-state index in [0.717, 1.165) is 6.07 Å². The Morgan fingerprint density at radius 1 is 1.55 bits per heavy atom. The summed E-state index contributed by atoms with van der Waals surface area (Å²) in [6.07, 6.45) is 0. The summed E-state index contributed by atoms with van der Waals surface area (Å²) in [7, 11) is 0. The minimum absolute atomic E-state index is 0.0302. The molecule has 0 fully saturated rings. The van der Waals surface area contributed by atoms with Gasteiger partial charge in [0.25, 0.3) is 0 Å². The molecule has 7 nitrogen and oxygen atoms in total. The lowest BCUT2D eigenvalue weighted by atomic mass is 10.1. The smallest absolute Gasteiger partial charge is 0.315 e. The number of hydrogen-bond donors (Lipinski definition) is 3. The number of aryl methyl sites for hydroxylation is 1. The van der Waals surface area contributed by atoms with Crippen molar-refractivity contribution in [2.24, 2.45) is 0 Å². The van der Waals surface area contributed by atoms with Gasteiger partial charge in [0.2, 0.25) is 5.89 Å². The second kappa shape index (κ2) is 7.19. The molecule has 1 unspecified atom stereocenters. The van der Waals surface area contributed by atoms with Crippen molar-refractivity contribution in [3.05, 3.63) is 46.3 Å². The number of nitrogens with one attached hydrogen (secondary N) is 2. The summed E-state index contributed by atoms with van der Waals surface area (Å²) in [4.78, 5) is 15.7. The van der Waals surface area contributed by atoms with E-state index in [1.54, 1.807) is 6.92 Å². The van der Waals surface area contributed by atoms with Crippen molar-refractivity contribution in [3.63, 3.8) is 0 Å². The predicted molar refractivity (Wildman–Crippen MR) is 75.6 cm³/mol. The van der Waals surface area contributed by atoms with E-state index >= 15 is 0 Å². The minimum atomic E-state index is -0.765. The average Bonchev–Trinajstić information content (AvgIpc) is 2.91. The number of rotatable bonds is 5. The van der Waals surface area contributed by atoms with Gasteiger partial charge in [0.1, 0.15) is 5.82 Å². The van der Waals surface area contributed by atoms with Crippen LogP contribution in [0.15, 0.2) is 22.7 Å². The summed E-state index contributed by atoms with van der Waals surface area (Å²) in [6.45, 7) is 1.31. The lowest BCUT2D eigenvalue weighted by Crippen LogP contribution is -2.39. The summed E-state index contributed by atoms with van der Waals surface area (Å²) in [6, 6.07) is 2.72. The molecule has 0 aliphatic carbocycles. The molecule has 0 radical (unpaired) electrons. The fraction of sp³-hybridized carbons (Fsp3) is 0.308. The highest BCUT2D eigenvalue weighted by molar-refractivity contribution is 6.30. The summed E-state index contributed by atoms with van der Waals surface area (Å²) in [5.41, 5.74) is 0.398. The van der Waals surface area contributed by atoms with E-state index in [4.69, 9.17) is 16.1 Å². The first-order chi connectivity index (χ1) is 10.5. The van der Waals surface area contributed by atoms with Gasteiger partial charge in [-0.15, -0.1) is 0 Å². The quantitative estimate of drug-likeness (QED) is 0.775. The van der Waals surface area contributed by atoms with Crippen molar-refractivity contribution >= 4 is 17.6 Å². The van der Waals surface area contributed by atoms with Crippen molar-refractivity contribution in [1.29, 1.82) is 0 Å². The largest absolute Gasteiger partial charge is 0.394 e. The molecule has 0 aliphatic rings. The number of urea groups is 1. The molecule has 2 amide bonds. The molecular formula is C13H14ClFN4O3. The molecule has 1 atom stereocenters. The zero-order valence-electron chi connectivity index (χ0n) is 11.6. The van der Waals surface area contributed by atoms with Crippen molar-refractivity contribution < 1.29 is 18.8 Å². The highest BCUT2D eigenvalue weighted by Gasteiger charge is 2.15. The number of nitrogens with zero attached hydrogens (tertiary/aromatic N) is 2. The first-order valence-electron chi connectivity index (χ1n) is 6.39. The molecule has 0 spiro atoms. The van der Waals surface area contributed by atoms with Gasteiger partial charge in [0.15, 0.2) is 5.82 Å². The zero-order chi connectivity index (χ0) is 16.1. The van der Waals surface area contributed by atoms with Crippen LogP contribution in [0.5, 0.6) is 0 Å². The van der Waals surface area contributed by atoms with Crippen LogP contribution < -0.4 is 10.6 Å². The third-order valence-corrected chi connectivity index (χ3v) is 3.12. The average molecular weight is 329 g/mol. The molecule has 0 aliphatic heterocycles. The van der Waals surface area contributed by atoms with Crippen LogP contribution in [0.1, 0.15) is 23.3 Å². The number of aromatic nitrogens is 2. The van der Waals surface area contributed by atoms with Gasteiger partial charge < -0.3 is 20.3 Å². The summed E-state index contributed by atoms with van der Waals surface area (Å²) in [5, 5.41) is 18.0. The van der Waals surface area contributed by atoms with Gasteiger partial charge in [-0.2, -0.15) is 4.98 Å². The monoisotopic (exact) mass is 328 g/mol. The Kier molecular flexibility index (Phi) is 5.29. The van der Waals surface area contributed by atoms with Gasteiger partial charge in [0, 0.05) is 6.92 Å². The normalized spacial score (nSPS) is 12.0. The number of benzene rings is 1. The van der Waals surface area contributed by atoms with Crippen molar-refractivity contribution in [1.82, 2.24) is 20.8 Å². The highest BCUT2D eigenvalue weighted by atomic mass is 35.5. The van der Waals surface area contributed by atoms with Gasteiger partial charge in [-0.25, -0.2) is 9.18 Å². The maximum Gasteiger partial charge on any atom is 0.315 e. The topological polar surface area (TPSA) is 100 Å². The third kappa shape index (κ3) is 4.15. The van der Waals surface area contributed by atoms with Crippen LogP contribution in [0.3, 0.4) is 0 Å². The number of halogens is 2. The van der Waals surface area contributed by atoms with E-state index in [1.165, 1.54) is 12.1 Å². The fourth-order valence-corrected chi connectivity index (χ4v) is 1.86. The Morgan fingerprint density at radius 2 is 2.32 bits per heavy atom. The van der Waals surface area contributed by atoms with E-state index in [0.29, 0.717) is 17.3 Å². The Balaban J connectivity index is 1.94. The second-order valence-corrected chi connectivity index (χ2v) is 4.87. The van der Waals surface area contributed by atoms with Gasteiger partial charge in [-0.3, -0.25) is 0 Å². The molecule has 0 bridgehead atoms. The first-order valence-corrected chi connectivity index (χ1v) is 6.76. The Bertz CT molecular complexity index is 664. The zero-order valence-corrected chi connectivity index (χ0v) is 12.4.